The molecule has 0 aliphatic carbocycles. The first kappa shape index (κ1) is 12.2. The van der Waals surface area contributed by atoms with Gasteiger partial charge in [-0.05, 0) is 47.8 Å². The number of hydrogen-bond donors (Lipinski definition) is 1. The third kappa shape index (κ3) is 1.99. The number of aromatic carboxylic acids is 1. The molecular formula is C13H17BrN2O2. The molecule has 2 atom stereocenters. The molecule has 3 heterocycles. The maximum atomic E-state index is 11.3. The number of nitrogens with zero attached hydrogens (tertiary/aromatic N) is 2. The Balaban J connectivity index is 1.92. The molecule has 4 nitrogen and oxygen atoms in total. The molecule has 1 N–H and O–H groups in total. The zero-order valence-electron chi connectivity index (χ0n) is 10.2. The van der Waals surface area contributed by atoms with E-state index in [4.69, 9.17) is 0 Å². The maximum Gasteiger partial charge on any atom is 0.352 e. The number of fused-ring (bicyclic) bond motifs is 1. The minimum Gasteiger partial charge on any atom is -0.477 e. The molecule has 1 aromatic rings. The van der Waals surface area contributed by atoms with Crippen LogP contribution in [0.25, 0.3) is 0 Å². The number of carboxylic acids is 1. The van der Waals surface area contributed by atoms with Crippen molar-refractivity contribution in [1.29, 1.82) is 0 Å². The Bertz CT molecular complexity index is 472. The number of aromatic nitrogens is 1. The van der Waals surface area contributed by atoms with Crippen molar-refractivity contribution in [1.82, 2.24) is 9.47 Å². The fourth-order valence-corrected chi connectivity index (χ4v) is 3.87. The van der Waals surface area contributed by atoms with Gasteiger partial charge in [-0.25, -0.2) is 4.79 Å². The van der Waals surface area contributed by atoms with Gasteiger partial charge in [0, 0.05) is 23.3 Å². The van der Waals surface area contributed by atoms with Crippen LogP contribution in [0.1, 0.15) is 42.2 Å². The standard InChI is InChI=1S/C13H17BrN2O2/c14-9-7-12(13(17)18)16(8-9)11-4-6-15-5-2-1-3-10(11)15/h7-8,10-11H,1-6H2,(H,17,18). The van der Waals surface area contributed by atoms with E-state index in [1.807, 2.05) is 10.8 Å². The molecule has 2 aliphatic heterocycles. The maximum absolute atomic E-state index is 11.3. The summed E-state index contributed by atoms with van der Waals surface area (Å²) in [5, 5.41) is 9.28. The van der Waals surface area contributed by atoms with E-state index in [0.717, 1.165) is 17.4 Å². The summed E-state index contributed by atoms with van der Waals surface area (Å²) >= 11 is 3.39. The van der Waals surface area contributed by atoms with Crippen LogP contribution in [0.3, 0.4) is 0 Å². The van der Waals surface area contributed by atoms with Crippen LogP contribution in [0.15, 0.2) is 16.7 Å². The van der Waals surface area contributed by atoms with E-state index in [9.17, 15) is 9.90 Å². The minimum absolute atomic E-state index is 0.322. The molecule has 0 radical (unpaired) electrons. The molecule has 2 unspecified atom stereocenters. The Hall–Kier alpha value is -0.810. The predicted octanol–water partition coefficient (Wildman–Crippen LogP) is 2.75. The molecular weight excluding hydrogens is 296 g/mol. The quantitative estimate of drug-likeness (QED) is 0.913. The molecule has 0 aromatic carbocycles. The lowest BCUT2D eigenvalue weighted by molar-refractivity contribution is 0.0679. The van der Waals surface area contributed by atoms with Gasteiger partial charge in [-0.3, -0.25) is 4.90 Å². The smallest absolute Gasteiger partial charge is 0.352 e. The number of hydrogen-bond acceptors (Lipinski definition) is 2. The Kier molecular flexibility index (Phi) is 3.20. The predicted molar refractivity (Wildman–Crippen MR) is 72.0 cm³/mol. The van der Waals surface area contributed by atoms with Gasteiger partial charge in [0.15, 0.2) is 0 Å². The van der Waals surface area contributed by atoms with Crippen LogP contribution in [-0.2, 0) is 0 Å². The Morgan fingerprint density at radius 3 is 2.89 bits per heavy atom. The van der Waals surface area contributed by atoms with Crippen LogP contribution in [0.4, 0.5) is 0 Å². The molecule has 0 amide bonds. The van der Waals surface area contributed by atoms with Crippen molar-refractivity contribution in [3.63, 3.8) is 0 Å². The highest BCUT2D eigenvalue weighted by Crippen LogP contribution is 2.36. The Labute approximate surface area is 115 Å². The van der Waals surface area contributed by atoms with Crippen molar-refractivity contribution in [2.75, 3.05) is 13.1 Å². The van der Waals surface area contributed by atoms with Crippen LogP contribution in [0.2, 0.25) is 0 Å². The summed E-state index contributed by atoms with van der Waals surface area (Å²) < 4.78 is 2.82. The minimum atomic E-state index is -0.838. The summed E-state index contributed by atoms with van der Waals surface area (Å²) in [6, 6.07) is 2.55. The van der Waals surface area contributed by atoms with E-state index in [1.165, 1.54) is 25.8 Å². The van der Waals surface area contributed by atoms with Gasteiger partial charge in [0.05, 0.1) is 6.04 Å². The monoisotopic (exact) mass is 312 g/mol. The van der Waals surface area contributed by atoms with E-state index in [-0.39, 0.29) is 0 Å². The van der Waals surface area contributed by atoms with E-state index < -0.39 is 5.97 Å². The number of carboxylic acid groups (broad SMARTS) is 1. The van der Waals surface area contributed by atoms with E-state index in [2.05, 4.69) is 20.8 Å². The number of rotatable bonds is 2. The highest BCUT2D eigenvalue weighted by atomic mass is 79.9. The second-order valence-electron chi connectivity index (χ2n) is 5.21. The lowest BCUT2D eigenvalue weighted by Crippen LogP contribution is -2.38. The van der Waals surface area contributed by atoms with Crippen LogP contribution < -0.4 is 0 Å². The fourth-order valence-electron chi connectivity index (χ4n) is 3.44. The lowest BCUT2D eigenvalue weighted by atomic mass is 9.99. The molecule has 98 valence electrons. The van der Waals surface area contributed by atoms with E-state index >= 15 is 0 Å². The van der Waals surface area contributed by atoms with Crippen molar-refractivity contribution < 1.29 is 9.90 Å². The Morgan fingerprint density at radius 2 is 2.11 bits per heavy atom. The van der Waals surface area contributed by atoms with Gasteiger partial charge in [0.1, 0.15) is 5.69 Å². The summed E-state index contributed by atoms with van der Waals surface area (Å²) in [5.74, 6) is -0.838. The summed E-state index contributed by atoms with van der Waals surface area (Å²) in [4.78, 5) is 13.8. The molecule has 0 bridgehead atoms. The number of carbonyl (C=O) groups is 1. The molecule has 1 aromatic heterocycles. The fraction of sp³-hybridized carbons (Fsp3) is 0.615. The van der Waals surface area contributed by atoms with Gasteiger partial charge < -0.3 is 9.67 Å². The summed E-state index contributed by atoms with van der Waals surface area (Å²) in [6.07, 6.45) is 6.73. The third-order valence-electron chi connectivity index (χ3n) is 4.21. The molecule has 2 aliphatic rings. The van der Waals surface area contributed by atoms with Gasteiger partial charge in [0.25, 0.3) is 0 Å². The van der Waals surface area contributed by atoms with Gasteiger partial charge in [-0.15, -0.1) is 0 Å². The van der Waals surface area contributed by atoms with Gasteiger partial charge in [-0.1, -0.05) is 6.42 Å². The first-order chi connectivity index (χ1) is 8.66. The Morgan fingerprint density at radius 1 is 1.28 bits per heavy atom. The third-order valence-corrected chi connectivity index (χ3v) is 4.65. The summed E-state index contributed by atoms with van der Waals surface area (Å²) in [5.41, 5.74) is 0.402. The summed E-state index contributed by atoms with van der Waals surface area (Å²) in [6.45, 7) is 2.27. The largest absolute Gasteiger partial charge is 0.477 e. The first-order valence-electron chi connectivity index (χ1n) is 6.51. The molecule has 5 heteroatoms. The zero-order chi connectivity index (χ0) is 12.7. The van der Waals surface area contributed by atoms with Crippen molar-refractivity contribution in [3.8, 4) is 0 Å². The topological polar surface area (TPSA) is 45.5 Å². The zero-order valence-corrected chi connectivity index (χ0v) is 11.8. The molecule has 3 rings (SSSR count). The second-order valence-corrected chi connectivity index (χ2v) is 6.13. The number of piperidine rings is 1. The van der Waals surface area contributed by atoms with Crippen molar-refractivity contribution >= 4 is 21.9 Å². The van der Waals surface area contributed by atoms with Crippen molar-refractivity contribution in [2.45, 2.75) is 37.8 Å². The van der Waals surface area contributed by atoms with E-state index in [1.54, 1.807) is 6.07 Å². The summed E-state index contributed by atoms with van der Waals surface area (Å²) in [7, 11) is 0. The van der Waals surface area contributed by atoms with Crippen LogP contribution in [0, 0.1) is 0 Å². The van der Waals surface area contributed by atoms with Crippen LogP contribution >= 0.6 is 15.9 Å². The molecule has 0 saturated carbocycles. The highest BCUT2D eigenvalue weighted by molar-refractivity contribution is 9.10. The van der Waals surface area contributed by atoms with Crippen LogP contribution in [-0.4, -0.2) is 39.7 Å². The van der Waals surface area contributed by atoms with Gasteiger partial charge >= 0.3 is 5.97 Å². The molecule has 0 spiro atoms. The van der Waals surface area contributed by atoms with Gasteiger partial charge in [0.2, 0.25) is 0 Å². The molecule has 18 heavy (non-hydrogen) atoms. The molecule has 2 saturated heterocycles. The van der Waals surface area contributed by atoms with Crippen LogP contribution in [0.5, 0.6) is 0 Å². The van der Waals surface area contributed by atoms with Crippen molar-refractivity contribution in [2.24, 2.45) is 0 Å². The lowest BCUT2D eigenvalue weighted by Gasteiger charge is -2.33. The van der Waals surface area contributed by atoms with E-state index in [0.29, 0.717) is 17.8 Å². The van der Waals surface area contributed by atoms with Gasteiger partial charge in [-0.2, -0.15) is 0 Å². The second kappa shape index (κ2) is 4.70. The number of halogens is 1. The average Bonchev–Trinajstić information content (AvgIpc) is 2.92. The SMILES string of the molecule is O=C(O)c1cc(Br)cn1C1CCN2CCCCC12. The normalized spacial score (nSPS) is 28.3. The first-order valence-corrected chi connectivity index (χ1v) is 7.31. The highest BCUT2D eigenvalue weighted by Gasteiger charge is 2.37. The molecule has 2 fully saturated rings. The van der Waals surface area contributed by atoms with Crippen molar-refractivity contribution in [3.05, 3.63) is 22.4 Å². The average molecular weight is 313 g/mol.